The van der Waals surface area contributed by atoms with Gasteiger partial charge >= 0.3 is 12.1 Å². The van der Waals surface area contributed by atoms with Gasteiger partial charge in [-0.15, -0.1) is 0 Å². The third kappa shape index (κ3) is 3.46. The molecular formula is C16H18F3N3O4. The molecule has 0 spiro atoms. The van der Waals surface area contributed by atoms with E-state index in [-0.39, 0.29) is 13.1 Å². The minimum absolute atomic E-state index is 0.198. The minimum atomic E-state index is -4.49. The van der Waals surface area contributed by atoms with Gasteiger partial charge in [0.15, 0.2) is 5.69 Å². The Morgan fingerprint density at radius 2 is 1.96 bits per heavy atom. The van der Waals surface area contributed by atoms with Crippen LogP contribution in [-0.2, 0) is 27.0 Å². The van der Waals surface area contributed by atoms with Gasteiger partial charge in [0, 0.05) is 18.8 Å². The van der Waals surface area contributed by atoms with E-state index in [1.807, 2.05) is 0 Å². The fourth-order valence-corrected chi connectivity index (χ4v) is 3.35. The molecule has 26 heavy (non-hydrogen) atoms. The second-order valence-corrected chi connectivity index (χ2v) is 6.38. The van der Waals surface area contributed by atoms with Crippen molar-refractivity contribution in [3.05, 3.63) is 29.6 Å². The van der Waals surface area contributed by atoms with Crippen LogP contribution in [0.5, 0.6) is 0 Å². The summed E-state index contributed by atoms with van der Waals surface area (Å²) in [5, 5.41) is 15.4. The Kier molecular flexibility index (Phi) is 4.78. The molecule has 0 aliphatic carbocycles. The lowest BCUT2D eigenvalue weighted by molar-refractivity contribution is -0.146. The first-order valence-corrected chi connectivity index (χ1v) is 8.14. The van der Waals surface area contributed by atoms with Crippen LogP contribution in [-0.4, -0.2) is 45.5 Å². The molecule has 0 aromatic carbocycles. The van der Waals surface area contributed by atoms with Gasteiger partial charge in [0.05, 0.1) is 18.1 Å². The average Bonchev–Trinajstić information content (AvgIpc) is 3.24. The van der Waals surface area contributed by atoms with Gasteiger partial charge in [0.2, 0.25) is 5.91 Å². The lowest BCUT2D eigenvalue weighted by atomic mass is 9.82. The summed E-state index contributed by atoms with van der Waals surface area (Å²) in [6.45, 7) is 1.93. The molecule has 1 amide bonds. The summed E-state index contributed by atoms with van der Waals surface area (Å²) in [5.74, 6) is -3.24. The van der Waals surface area contributed by atoms with Crippen molar-refractivity contribution in [2.45, 2.75) is 38.3 Å². The molecule has 1 aromatic heterocycles. The number of rotatable bonds is 6. The molecule has 3 heterocycles. The Morgan fingerprint density at radius 3 is 2.54 bits per heavy atom. The molecule has 1 saturated heterocycles. The number of carboxylic acids is 1. The molecule has 142 valence electrons. The third-order valence-corrected chi connectivity index (χ3v) is 4.60. The molecule has 0 saturated carbocycles. The number of carboxylic acid groups (broad SMARTS) is 1. The van der Waals surface area contributed by atoms with Crippen molar-refractivity contribution in [1.29, 1.82) is 0 Å². The van der Waals surface area contributed by atoms with E-state index < -0.39 is 47.8 Å². The fraction of sp³-hybridized carbons (Fsp3) is 0.562. The minimum Gasteiger partial charge on any atom is -0.481 e. The number of carbonyl (C=O) groups excluding carboxylic acids is 1. The van der Waals surface area contributed by atoms with E-state index in [2.05, 4.69) is 10.4 Å². The maximum Gasteiger partial charge on any atom is 0.435 e. The van der Waals surface area contributed by atoms with E-state index in [9.17, 15) is 27.9 Å². The molecular weight excluding hydrogens is 355 g/mol. The Morgan fingerprint density at radius 1 is 1.31 bits per heavy atom. The highest BCUT2D eigenvalue weighted by Gasteiger charge is 2.53. The van der Waals surface area contributed by atoms with Crippen molar-refractivity contribution < 1.29 is 32.6 Å². The van der Waals surface area contributed by atoms with Gasteiger partial charge in [0.1, 0.15) is 5.92 Å². The Balaban J connectivity index is 1.51. The van der Waals surface area contributed by atoms with Gasteiger partial charge in [0.25, 0.3) is 0 Å². The highest BCUT2D eigenvalue weighted by Crippen LogP contribution is 2.39. The zero-order valence-electron chi connectivity index (χ0n) is 13.9. The fourth-order valence-electron chi connectivity index (χ4n) is 3.35. The second kappa shape index (κ2) is 6.75. The molecule has 4 atom stereocenters. The number of ether oxygens (including phenoxy) is 1. The maximum atomic E-state index is 12.6. The normalized spacial score (nSPS) is 27.1. The zero-order chi connectivity index (χ0) is 19.1. The van der Waals surface area contributed by atoms with Gasteiger partial charge in [-0.05, 0) is 19.4 Å². The number of hydrogen-bond donors (Lipinski definition) is 2. The molecule has 3 rings (SSSR count). The summed E-state index contributed by atoms with van der Waals surface area (Å²) in [7, 11) is 0. The maximum absolute atomic E-state index is 12.6. The van der Waals surface area contributed by atoms with Gasteiger partial charge in [-0.3, -0.25) is 14.3 Å². The summed E-state index contributed by atoms with van der Waals surface area (Å²) in [6, 6.07) is 0.967. The highest BCUT2D eigenvalue weighted by atomic mass is 19.4. The van der Waals surface area contributed by atoms with Crippen LogP contribution >= 0.6 is 0 Å². The number of aryl methyl sites for hydroxylation is 2. The van der Waals surface area contributed by atoms with E-state index in [1.165, 1.54) is 11.6 Å². The quantitative estimate of drug-likeness (QED) is 0.580. The first-order valence-electron chi connectivity index (χ1n) is 8.14. The number of hydrogen-bond acceptors (Lipinski definition) is 4. The van der Waals surface area contributed by atoms with Crippen molar-refractivity contribution in [3.63, 3.8) is 0 Å². The number of halogens is 3. The summed E-state index contributed by atoms with van der Waals surface area (Å²) in [6.07, 6.45) is -1.96. The van der Waals surface area contributed by atoms with E-state index in [1.54, 1.807) is 12.2 Å². The van der Waals surface area contributed by atoms with Gasteiger partial charge < -0.3 is 15.2 Å². The van der Waals surface area contributed by atoms with Crippen LogP contribution in [0.2, 0.25) is 0 Å². The largest absolute Gasteiger partial charge is 0.481 e. The van der Waals surface area contributed by atoms with Crippen LogP contribution in [0.1, 0.15) is 17.8 Å². The first-order chi connectivity index (χ1) is 12.2. The Labute approximate surface area is 146 Å². The predicted octanol–water partition coefficient (Wildman–Crippen LogP) is 1.37. The van der Waals surface area contributed by atoms with Crippen molar-refractivity contribution in [1.82, 2.24) is 15.1 Å². The molecule has 1 fully saturated rings. The number of aliphatic carboxylic acids is 1. The van der Waals surface area contributed by atoms with Crippen LogP contribution in [0, 0.1) is 18.8 Å². The number of aromatic nitrogens is 2. The number of alkyl halides is 3. The zero-order valence-corrected chi connectivity index (χ0v) is 13.9. The molecule has 0 unspecified atom stereocenters. The third-order valence-electron chi connectivity index (χ3n) is 4.60. The number of fused-ring (bicyclic) bond motifs is 2. The van der Waals surface area contributed by atoms with Gasteiger partial charge in [-0.2, -0.15) is 18.3 Å². The van der Waals surface area contributed by atoms with Crippen molar-refractivity contribution in [2.24, 2.45) is 11.8 Å². The number of nitrogens with zero attached hydrogens (tertiary/aromatic N) is 2. The van der Waals surface area contributed by atoms with E-state index in [0.29, 0.717) is 12.1 Å². The molecule has 2 aliphatic heterocycles. The van der Waals surface area contributed by atoms with Crippen molar-refractivity contribution >= 4 is 11.9 Å². The summed E-state index contributed by atoms with van der Waals surface area (Å²) >= 11 is 0. The van der Waals surface area contributed by atoms with Crippen LogP contribution in [0.4, 0.5) is 13.2 Å². The van der Waals surface area contributed by atoms with E-state index in [4.69, 9.17) is 4.74 Å². The highest BCUT2D eigenvalue weighted by molar-refractivity contribution is 5.87. The smallest absolute Gasteiger partial charge is 0.435 e. The molecule has 2 N–H and O–H groups in total. The van der Waals surface area contributed by atoms with E-state index >= 15 is 0 Å². The number of amides is 1. The van der Waals surface area contributed by atoms with Crippen LogP contribution in [0.3, 0.4) is 0 Å². The first kappa shape index (κ1) is 18.4. The van der Waals surface area contributed by atoms with E-state index in [0.717, 1.165) is 6.07 Å². The SMILES string of the molecule is Cc1cc(C(F)(F)F)nn1CCCNC(=O)[C@@H]1[C@H](C(=O)O)[C@H]2C=C[C@H]1O2. The molecule has 10 heteroatoms. The molecule has 0 radical (unpaired) electrons. The average molecular weight is 373 g/mol. The second-order valence-electron chi connectivity index (χ2n) is 6.38. The predicted molar refractivity (Wildman–Crippen MR) is 82.0 cm³/mol. The van der Waals surface area contributed by atoms with Crippen LogP contribution < -0.4 is 5.32 Å². The molecule has 2 aliphatic rings. The summed E-state index contributed by atoms with van der Waals surface area (Å²) in [5.41, 5.74) is -0.574. The molecule has 2 bridgehead atoms. The summed E-state index contributed by atoms with van der Waals surface area (Å²) in [4.78, 5) is 23.6. The topological polar surface area (TPSA) is 93.5 Å². The Bertz CT molecular complexity index is 744. The monoisotopic (exact) mass is 373 g/mol. The Hall–Kier alpha value is -2.36. The molecule has 7 nitrogen and oxygen atoms in total. The number of nitrogens with one attached hydrogen (secondary N) is 1. The van der Waals surface area contributed by atoms with Crippen molar-refractivity contribution in [3.8, 4) is 0 Å². The van der Waals surface area contributed by atoms with Crippen LogP contribution in [0.25, 0.3) is 0 Å². The lowest BCUT2D eigenvalue weighted by Crippen LogP contribution is -2.42. The number of carbonyl (C=O) groups is 2. The van der Waals surface area contributed by atoms with Gasteiger partial charge in [-0.25, -0.2) is 0 Å². The van der Waals surface area contributed by atoms with Crippen molar-refractivity contribution in [2.75, 3.05) is 6.54 Å². The standard InChI is InChI=1S/C16H18F3N3O4/c1-8-7-11(16(17,18)19)21-22(8)6-2-5-20-14(23)12-9-3-4-10(26-9)13(12)15(24)25/h3-4,7,9-10,12-13H,2,5-6H2,1H3,(H,20,23)(H,24,25)/t9-,10-,12+,13-/m1/s1. The van der Waals surface area contributed by atoms with Crippen LogP contribution in [0.15, 0.2) is 18.2 Å². The summed E-state index contributed by atoms with van der Waals surface area (Å²) < 4.78 is 44.5. The lowest BCUT2D eigenvalue weighted by Gasteiger charge is -2.21. The molecule has 1 aromatic rings. The van der Waals surface area contributed by atoms with Gasteiger partial charge in [-0.1, -0.05) is 12.2 Å².